The van der Waals surface area contributed by atoms with E-state index in [2.05, 4.69) is 38.0 Å². The Kier molecular flexibility index (Phi) is 4.62. The predicted octanol–water partition coefficient (Wildman–Crippen LogP) is 1.47. The average molecular weight is 285 g/mol. The van der Waals surface area contributed by atoms with Crippen molar-refractivity contribution in [3.63, 3.8) is 0 Å². The molecule has 0 spiro atoms. The number of rotatable bonds is 5. The van der Waals surface area contributed by atoms with E-state index in [1.165, 1.54) is 16.8 Å². The predicted molar refractivity (Wildman–Crippen MR) is 83.0 cm³/mol. The van der Waals surface area contributed by atoms with Crippen molar-refractivity contribution in [2.24, 2.45) is 0 Å². The summed E-state index contributed by atoms with van der Waals surface area (Å²) in [6.45, 7) is 8.78. The van der Waals surface area contributed by atoms with Gasteiger partial charge in [-0.25, -0.2) is 0 Å². The second kappa shape index (κ2) is 6.83. The van der Waals surface area contributed by atoms with E-state index in [1.807, 2.05) is 24.7 Å². The minimum Gasteiger partial charge on any atom is -0.300 e. The molecular weight excluding hydrogens is 262 g/mol. The molecule has 3 rings (SSSR count). The van der Waals surface area contributed by atoms with E-state index in [0.717, 1.165) is 45.7 Å². The van der Waals surface area contributed by atoms with Crippen molar-refractivity contribution >= 4 is 0 Å². The Morgan fingerprint density at radius 1 is 1.19 bits per heavy atom. The van der Waals surface area contributed by atoms with Crippen molar-refractivity contribution in [3.05, 3.63) is 47.5 Å². The molecule has 0 unspecified atom stereocenters. The maximum absolute atomic E-state index is 4.50. The average Bonchev–Trinajstić information content (AvgIpc) is 3.02. The largest absolute Gasteiger partial charge is 0.300 e. The molecule has 1 aliphatic rings. The molecule has 0 radical (unpaired) electrons. The lowest BCUT2D eigenvalue weighted by Gasteiger charge is -2.34. The highest BCUT2D eigenvalue weighted by Gasteiger charge is 2.17. The van der Waals surface area contributed by atoms with Crippen molar-refractivity contribution in [2.75, 3.05) is 32.7 Å². The number of nitrogens with zero attached hydrogens (tertiary/aromatic N) is 4. The van der Waals surface area contributed by atoms with Crippen molar-refractivity contribution in [1.29, 1.82) is 0 Å². The van der Waals surface area contributed by atoms with Crippen molar-refractivity contribution in [3.8, 4) is 0 Å². The van der Waals surface area contributed by atoms with E-state index in [4.69, 9.17) is 0 Å². The van der Waals surface area contributed by atoms with Gasteiger partial charge in [0.1, 0.15) is 0 Å². The molecule has 2 aromatic rings. The Labute approximate surface area is 126 Å². The molecule has 1 N–H and O–H groups in total. The summed E-state index contributed by atoms with van der Waals surface area (Å²) in [6.07, 6.45) is 6.87. The van der Waals surface area contributed by atoms with Gasteiger partial charge in [0.05, 0.1) is 11.9 Å². The smallest absolute Gasteiger partial charge is 0.0573 e. The summed E-state index contributed by atoms with van der Waals surface area (Å²) in [4.78, 5) is 9.54. The van der Waals surface area contributed by atoms with Gasteiger partial charge in [0.25, 0.3) is 0 Å². The first kappa shape index (κ1) is 14.2. The molecule has 0 bridgehead atoms. The fraction of sp³-hybridized carbons (Fsp3) is 0.500. The molecule has 1 aliphatic heterocycles. The summed E-state index contributed by atoms with van der Waals surface area (Å²) in [5.41, 5.74) is 3.80. The number of hydrogen-bond donors (Lipinski definition) is 1. The first-order chi connectivity index (χ1) is 10.3. The van der Waals surface area contributed by atoms with Gasteiger partial charge >= 0.3 is 0 Å². The Morgan fingerprint density at radius 2 is 2.00 bits per heavy atom. The minimum atomic E-state index is 0.974. The topological polar surface area (TPSA) is 48.1 Å². The van der Waals surface area contributed by atoms with Crippen LogP contribution in [-0.4, -0.2) is 57.7 Å². The lowest BCUT2D eigenvalue weighted by Crippen LogP contribution is -2.46. The first-order valence-electron chi connectivity index (χ1n) is 7.64. The molecule has 5 nitrogen and oxygen atoms in total. The number of hydrogen-bond acceptors (Lipinski definition) is 4. The number of aromatic nitrogens is 3. The van der Waals surface area contributed by atoms with Gasteiger partial charge in [0.2, 0.25) is 0 Å². The molecular formula is C16H23N5. The first-order valence-corrected chi connectivity index (χ1v) is 7.64. The van der Waals surface area contributed by atoms with Crippen LogP contribution in [0, 0.1) is 6.92 Å². The molecule has 112 valence electrons. The maximum Gasteiger partial charge on any atom is 0.0573 e. The van der Waals surface area contributed by atoms with Crippen LogP contribution in [0.15, 0.2) is 30.7 Å². The number of pyridine rings is 1. The highest BCUT2D eigenvalue weighted by Crippen LogP contribution is 2.10. The van der Waals surface area contributed by atoms with Crippen LogP contribution < -0.4 is 0 Å². The quantitative estimate of drug-likeness (QED) is 0.904. The normalized spacial score (nSPS) is 17.2. The fourth-order valence-corrected chi connectivity index (χ4v) is 2.77. The molecule has 1 fully saturated rings. The van der Waals surface area contributed by atoms with Gasteiger partial charge in [-0.2, -0.15) is 5.10 Å². The molecule has 0 aliphatic carbocycles. The fourth-order valence-electron chi connectivity index (χ4n) is 2.77. The molecule has 0 aromatic carbocycles. The van der Waals surface area contributed by atoms with Gasteiger partial charge in [0.15, 0.2) is 0 Å². The van der Waals surface area contributed by atoms with Crippen LogP contribution in [0.3, 0.4) is 0 Å². The van der Waals surface area contributed by atoms with Crippen LogP contribution in [0.25, 0.3) is 0 Å². The highest BCUT2D eigenvalue weighted by molar-refractivity contribution is 5.17. The lowest BCUT2D eigenvalue weighted by molar-refractivity contribution is 0.127. The van der Waals surface area contributed by atoms with Crippen molar-refractivity contribution in [1.82, 2.24) is 25.0 Å². The monoisotopic (exact) mass is 285 g/mol. The van der Waals surface area contributed by atoms with E-state index >= 15 is 0 Å². The van der Waals surface area contributed by atoms with Gasteiger partial charge in [-0.3, -0.25) is 15.0 Å². The van der Waals surface area contributed by atoms with Gasteiger partial charge in [-0.15, -0.1) is 0 Å². The standard InChI is InChI=1S/C16H23N5/c1-14-3-2-5-17-16(14)13-21-9-7-20(8-10-21)6-4-15-11-18-19-12-15/h2-3,5,11-12H,4,6-10,13H2,1H3,(H,18,19). The number of piperazine rings is 1. The van der Waals surface area contributed by atoms with E-state index < -0.39 is 0 Å². The van der Waals surface area contributed by atoms with Crippen LogP contribution in [-0.2, 0) is 13.0 Å². The summed E-state index contributed by atoms with van der Waals surface area (Å²) in [5, 5.41) is 6.87. The zero-order chi connectivity index (χ0) is 14.5. The molecule has 0 saturated carbocycles. The Balaban J connectivity index is 1.44. The number of aryl methyl sites for hydroxylation is 1. The SMILES string of the molecule is Cc1cccnc1CN1CCN(CCc2cn[nH]c2)CC1. The van der Waals surface area contributed by atoms with E-state index in [1.54, 1.807) is 0 Å². The Bertz CT molecular complexity index is 544. The van der Waals surface area contributed by atoms with Crippen LogP contribution in [0.5, 0.6) is 0 Å². The second-order valence-electron chi connectivity index (χ2n) is 5.74. The van der Waals surface area contributed by atoms with Crippen LogP contribution >= 0.6 is 0 Å². The number of nitrogens with one attached hydrogen (secondary N) is 1. The highest BCUT2D eigenvalue weighted by atomic mass is 15.3. The van der Waals surface area contributed by atoms with Gasteiger partial charge < -0.3 is 4.90 Å². The molecule has 0 atom stereocenters. The minimum absolute atomic E-state index is 0.974. The van der Waals surface area contributed by atoms with Gasteiger partial charge in [-0.05, 0) is 30.5 Å². The third-order valence-electron chi connectivity index (χ3n) is 4.23. The summed E-state index contributed by atoms with van der Waals surface area (Å²) in [6, 6.07) is 4.15. The summed E-state index contributed by atoms with van der Waals surface area (Å²) >= 11 is 0. The lowest BCUT2D eigenvalue weighted by atomic mass is 10.2. The van der Waals surface area contributed by atoms with Crippen LogP contribution in [0.4, 0.5) is 0 Å². The molecule has 3 heterocycles. The van der Waals surface area contributed by atoms with Crippen molar-refractivity contribution < 1.29 is 0 Å². The molecule has 21 heavy (non-hydrogen) atoms. The summed E-state index contributed by atoms with van der Waals surface area (Å²) in [5.74, 6) is 0. The summed E-state index contributed by atoms with van der Waals surface area (Å²) < 4.78 is 0. The molecule has 0 amide bonds. The molecule has 1 saturated heterocycles. The third-order valence-corrected chi connectivity index (χ3v) is 4.23. The Morgan fingerprint density at radius 3 is 2.71 bits per heavy atom. The number of aromatic amines is 1. The van der Waals surface area contributed by atoms with Gasteiger partial charge in [0, 0.05) is 51.7 Å². The van der Waals surface area contributed by atoms with Crippen molar-refractivity contribution in [2.45, 2.75) is 19.9 Å². The summed E-state index contributed by atoms with van der Waals surface area (Å²) in [7, 11) is 0. The van der Waals surface area contributed by atoms with E-state index in [0.29, 0.717) is 0 Å². The molecule has 2 aromatic heterocycles. The number of H-pyrrole nitrogens is 1. The second-order valence-corrected chi connectivity index (χ2v) is 5.74. The zero-order valence-corrected chi connectivity index (χ0v) is 12.6. The van der Waals surface area contributed by atoms with Crippen LogP contribution in [0.1, 0.15) is 16.8 Å². The van der Waals surface area contributed by atoms with Gasteiger partial charge in [-0.1, -0.05) is 6.07 Å². The van der Waals surface area contributed by atoms with E-state index in [-0.39, 0.29) is 0 Å². The maximum atomic E-state index is 4.50. The zero-order valence-electron chi connectivity index (χ0n) is 12.6. The van der Waals surface area contributed by atoms with Crippen LogP contribution in [0.2, 0.25) is 0 Å². The third kappa shape index (κ3) is 3.89. The van der Waals surface area contributed by atoms with E-state index in [9.17, 15) is 0 Å². The molecule has 5 heteroatoms. The Hall–Kier alpha value is -1.72.